The molecule has 5 rings (SSSR count). The van der Waals surface area contributed by atoms with Crippen molar-refractivity contribution in [3.8, 4) is 5.75 Å². The van der Waals surface area contributed by atoms with E-state index in [0.717, 1.165) is 44.5 Å². The van der Waals surface area contributed by atoms with Crippen molar-refractivity contribution in [1.82, 2.24) is 8.87 Å². The number of hydrogen-bond donors (Lipinski definition) is 3. The normalized spacial score (nSPS) is 19.7. The molecule has 3 aliphatic rings. The standard InChI is InChI=1S/C23H29FN4O4S/c24-16-17(25)15-19-21(18(16)26-8-11-33-27-9-4-1-5-10-27)32-13-23(6-2-3-7-23)28(19)12-14(20(15)29)22(30)31/h12,26H,1-11,13,25H2,(H,30,31). The van der Waals surface area contributed by atoms with Gasteiger partial charge in [0, 0.05) is 31.6 Å². The molecule has 178 valence electrons. The third-order valence-electron chi connectivity index (χ3n) is 7.13. The molecule has 1 saturated heterocycles. The van der Waals surface area contributed by atoms with E-state index in [1.807, 2.05) is 4.57 Å². The van der Waals surface area contributed by atoms with Crippen LogP contribution in [-0.4, -0.2) is 51.9 Å². The van der Waals surface area contributed by atoms with E-state index in [9.17, 15) is 14.7 Å². The number of ether oxygens (including phenoxy) is 1. The first-order valence-corrected chi connectivity index (χ1v) is 12.6. The Kier molecular flexibility index (Phi) is 5.90. The molecule has 3 heterocycles. The van der Waals surface area contributed by atoms with E-state index in [0.29, 0.717) is 18.7 Å². The molecule has 33 heavy (non-hydrogen) atoms. The SMILES string of the molecule is Nc1c(F)c(NCCSN2CCCCC2)c2c3c1c(=O)c(C(=O)O)cn3C1(CCCC1)CO2. The number of piperidine rings is 1. The van der Waals surface area contributed by atoms with E-state index in [-0.39, 0.29) is 22.5 Å². The van der Waals surface area contributed by atoms with Crippen molar-refractivity contribution >= 4 is 40.2 Å². The van der Waals surface area contributed by atoms with Gasteiger partial charge in [-0.15, -0.1) is 0 Å². The Bertz CT molecular complexity index is 1160. The number of pyridine rings is 1. The van der Waals surface area contributed by atoms with Gasteiger partial charge in [0.1, 0.15) is 17.9 Å². The number of aromatic nitrogens is 1. The van der Waals surface area contributed by atoms with Gasteiger partial charge in [-0.05, 0) is 25.7 Å². The van der Waals surface area contributed by atoms with Gasteiger partial charge in [-0.2, -0.15) is 0 Å². The first-order valence-electron chi connectivity index (χ1n) is 11.6. The van der Waals surface area contributed by atoms with E-state index in [1.165, 1.54) is 25.5 Å². The summed E-state index contributed by atoms with van der Waals surface area (Å²) in [6, 6.07) is 0. The molecule has 1 spiro atoms. The van der Waals surface area contributed by atoms with Gasteiger partial charge in [-0.1, -0.05) is 31.2 Å². The molecular weight excluding hydrogens is 447 g/mol. The molecule has 0 amide bonds. The van der Waals surface area contributed by atoms with Crippen LogP contribution in [0.5, 0.6) is 5.75 Å². The summed E-state index contributed by atoms with van der Waals surface area (Å²) in [4.78, 5) is 24.8. The van der Waals surface area contributed by atoms with Crippen molar-refractivity contribution in [3.63, 3.8) is 0 Å². The minimum Gasteiger partial charge on any atom is -0.487 e. The number of anilines is 2. The fraction of sp³-hybridized carbons (Fsp3) is 0.565. The molecule has 10 heteroatoms. The molecule has 2 aromatic rings. The lowest BCUT2D eigenvalue weighted by molar-refractivity contribution is 0.0692. The Hall–Kier alpha value is -2.46. The monoisotopic (exact) mass is 476 g/mol. The first kappa shape index (κ1) is 22.3. The molecule has 1 aliphatic carbocycles. The Morgan fingerprint density at radius 1 is 1.24 bits per heavy atom. The Morgan fingerprint density at radius 3 is 2.67 bits per heavy atom. The molecular formula is C23H29FN4O4S. The average molecular weight is 477 g/mol. The zero-order valence-electron chi connectivity index (χ0n) is 18.5. The van der Waals surface area contributed by atoms with Crippen molar-refractivity contribution in [2.24, 2.45) is 0 Å². The van der Waals surface area contributed by atoms with Crippen LogP contribution < -0.4 is 21.2 Å². The molecule has 4 N–H and O–H groups in total. The van der Waals surface area contributed by atoms with Crippen molar-refractivity contribution < 1.29 is 19.0 Å². The number of nitrogen functional groups attached to an aromatic ring is 1. The lowest BCUT2D eigenvalue weighted by atomic mass is 9.93. The van der Waals surface area contributed by atoms with Gasteiger partial charge in [-0.25, -0.2) is 9.18 Å². The van der Waals surface area contributed by atoms with Gasteiger partial charge in [0.15, 0.2) is 11.6 Å². The summed E-state index contributed by atoms with van der Waals surface area (Å²) >= 11 is 1.74. The topological polar surface area (TPSA) is 110 Å². The second kappa shape index (κ2) is 8.72. The number of aromatic carboxylic acids is 1. The van der Waals surface area contributed by atoms with E-state index in [1.54, 1.807) is 11.9 Å². The fourth-order valence-electron chi connectivity index (χ4n) is 5.41. The van der Waals surface area contributed by atoms with Gasteiger partial charge >= 0.3 is 5.97 Å². The highest BCUT2D eigenvalue weighted by molar-refractivity contribution is 7.97. The number of carboxylic acids is 1. The summed E-state index contributed by atoms with van der Waals surface area (Å²) < 4.78 is 25.7. The molecule has 0 bridgehead atoms. The maximum absolute atomic E-state index is 15.4. The van der Waals surface area contributed by atoms with Crippen LogP contribution in [0.25, 0.3) is 10.9 Å². The van der Waals surface area contributed by atoms with Crippen LogP contribution in [0.15, 0.2) is 11.0 Å². The number of benzene rings is 1. The lowest BCUT2D eigenvalue weighted by Gasteiger charge is -2.39. The van der Waals surface area contributed by atoms with Gasteiger partial charge in [0.25, 0.3) is 0 Å². The number of rotatable bonds is 6. The summed E-state index contributed by atoms with van der Waals surface area (Å²) in [5.74, 6) is -1.12. The molecule has 0 radical (unpaired) electrons. The predicted molar refractivity (Wildman–Crippen MR) is 128 cm³/mol. The number of carboxylic acid groups (broad SMARTS) is 1. The highest BCUT2D eigenvalue weighted by atomic mass is 32.2. The Balaban J connectivity index is 1.56. The molecule has 0 unspecified atom stereocenters. The molecule has 1 aromatic carbocycles. The highest BCUT2D eigenvalue weighted by Crippen LogP contribution is 2.48. The number of hydrogen-bond acceptors (Lipinski definition) is 7. The van der Waals surface area contributed by atoms with Crippen LogP contribution in [0.4, 0.5) is 15.8 Å². The zero-order chi connectivity index (χ0) is 23.2. The largest absolute Gasteiger partial charge is 0.487 e. The van der Waals surface area contributed by atoms with Crippen LogP contribution in [0.3, 0.4) is 0 Å². The van der Waals surface area contributed by atoms with E-state index in [2.05, 4.69) is 9.62 Å². The highest BCUT2D eigenvalue weighted by Gasteiger charge is 2.43. The summed E-state index contributed by atoms with van der Waals surface area (Å²) in [5, 5.41) is 12.7. The third kappa shape index (κ3) is 3.73. The second-order valence-corrected chi connectivity index (χ2v) is 10.4. The van der Waals surface area contributed by atoms with Crippen molar-refractivity contribution in [2.45, 2.75) is 50.5 Å². The van der Waals surface area contributed by atoms with Crippen molar-refractivity contribution in [3.05, 3.63) is 27.8 Å². The summed E-state index contributed by atoms with van der Waals surface area (Å²) in [5.41, 5.74) is 4.70. The zero-order valence-corrected chi connectivity index (χ0v) is 19.3. The van der Waals surface area contributed by atoms with Gasteiger partial charge < -0.3 is 25.5 Å². The smallest absolute Gasteiger partial charge is 0.341 e. The van der Waals surface area contributed by atoms with Crippen LogP contribution in [0.1, 0.15) is 55.3 Å². The molecule has 0 atom stereocenters. The maximum Gasteiger partial charge on any atom is 0.341 e. The fourth-order valence-corrected chi connectivity index (χ4v) is 6.38. The number of nitrogens with one attached hydrogen (secondary N) is 1. The minimum absolute atomic E-state index is 0.110. The molecule has 1 saturated carbocycles. The van der Waals surface area contributed by atoms with Crippen molar-refractivity contribution in [1.29, 1.82) is 0 Å². The van der Waals surface area contributed by atoms with Crippen LogP contribution >= 0.6 is 11.9 Å². The van der Waals surface area contributed by atoms with Crippen LogP contribution in [-0.2, 0) is 5.54 Å². The lowest BCUT2D eigenvalue weighted by Crippen LogP contribution is -2.42. The van der Waals surface area contributed by atoms with E-state index in [4.69, 9.17) is 10.5 Å². The number of nitrogens with zero attached hydrogens (tertiary/aromatic N) is 2. The summed E-state index contributed by atoms with van der Waals surface area (Å²) in [6.07, 6.45) is 8.63. The Labute approximate surface area is 195 Å². The molecule has 2 fully saturated rings. The van der Waals surface area contributed by atoms with Crippen molar-refractivity contribution in [2.75, 3.05) is 43.0 Å². The average Bonchev–Trinajstić information content (AvgIpc) is 3.28. The van der Waals surface area contributed by atoms with Crippen LogP contribution in [0, 0.1) is 5.82 Å². The Morgan fingerprint density at radius 2 is 1.97 bits per heavy atom. The van der Waals surface area contributed by atoms with Gasteiger partial charge in [-0.3, -0.25) is 9.10 Å². The van der Waals surface area contributed by atoms with Crippen LogP contribution in [0.2, 0.25) is 0 Å². The minimum atomic E-state index is -1.34. The van der Waals surface area contributed by atoms with Gasteiger partial charge in [0.05, 0.1) is 22.1 Å². The van der Waals surface area contributed by atoms with E-state index < -0.39 is 28.3 Å². The van der Waals surface area contributed by atoms with Gasteiger partial charge in [0.2, 0.25) is 5.43 Å². The number of carbonyl (C=O) groups is 1. The molecule has 8 nitrogen and oxygen atoms in total. The molecule has 1 aromatic heterocycles. The maximum atomic E-state index is 15.4. The predicted octanol–water partition coefficient (Wildman–Crippen LogP) is 3.63. The summed E-state index contributed by atoms with van der Waals surface area (Å²) in [6.45, 7) is 2.94. The number of fused-ring (bicyclic) bond motifs is 1. The first-order chi connectivity index (χ1) is 15.9. The quantitative estimate of drug-likeness (QED) is 0.329. The third-order valence-corrected chi connectivity index (χ3v) is 8.25. The number of nitrogens with two attached hydrogens (primary N) is 1. The second-order valence-electron chi connectivity index (χ2n) is 9.17. The van der Waals surface area contributed by atoms with E-state index >= 15 is 4.39 Å². The molecule has 2 aliphatic heterocycles. The number of halogens is 1. The summed E-state index contributed by atoms with van der Waals surface area (Å²) in [7, 11) is 0.